The van der Waals surface area contributed by atoms with Crippen LogP contribution < -0.4 is 0 Å². The lowest BCUT2D eigenvalue weighted by atomic mass is 10.1. The predicted octanol–water partition coefficient (Wildman–Crippen LogP) is 2.69. The first-order chi connectivity index (χ1) is 13.7. The van der Waals surface area contributed by atoms with E-state index in [9.17, 15) is 5.11 Å². The first kappa shape index (κ1) is 19.7. The molecular weight excluding hydrogens is 394 g/mol. The lowest BCUT2D eigenvalue weighted by Gasteiger charge is -2.41. The molecule has 1 atom stereocenters. The Labute approximate surface area is 173 Å². The van der Waals surface area contributed by atoms with Gasteiger partial charge in [0.1, 0.15) is 12.1 Å². The maximum absolute atomic E-state index is 9.51. The molecule has 0 aromatic carbocycles. The highest BCUT2D eigenvalue weighted by atomic mass is 32.2. The van der Waals surface area contributed by atoms with Crippen molar-refractivity contribution in [2.75, 3.05) is 26.2 Å². The number of aromatic nitrogens is 3. The van der Waals surface area contributed by atoms with Crippen molar-refractivity contribution in [3.05, 3.63) is 46.6 Å². The molecule has 1 aliphatic rings. The van der Waals surface area contributed by atoms with E-state index in [1.54, 1.807) is 17.7 Å². The van der Waals surface area contributed by atoms with E-state index in [2.05, 4.69) is 37.5 Å². The van der Waals surface area contributed by atoms with Crippen molar-refractivity contribution in [2.24, 2.45) is 7.05 Å². The molecule has 150 valence electrons. The quantitative estimate of drug-likeness (QED) is 0.602. The predicted molar refractivity (Wildman–Crippen MR) is 109 cm³/mol. The van der Waals surface area contributed by atoms with Gasteiger partial charge in [-0.1, -0.05) is 6.07 Å². The number of aliphatic hydroxyl groups excluding tert-OH is 1. The molecule has 3 aromatic heterocycles. The van der Waals surface area contributed by atoms with Gasteiger partial charge >= 0.3 is 0 Å². The van der Waals surface area contributed by atoms with Crippen molar-refractivity contribution in [3.8, 4) is 0 Å². The first-order valence-corrected chi connectivity index (χ1v) is 11.1. The molecule has 0 spiro atoms. The lowest BCUT2D eigenvalue weighted by molar-refractivity contribution is 0.0470. The minimum absolute atomic E-state index is 0.221. The normalized spacial score (nSPS) is 18.7. The molecule has 3 aromatic rings. The van der Waals surface area contributed by atoms with Crippen LogP contribution in [0.4, 0.5) is 0 Å². The van der Waals surface area contributed by atoms with Crippen molar-refractivity contribution in [1.29, 1.82) is 0 Å². The van der Waals surface area contributed by atoms with Crippen LogP contribution in [-0.2, 0) is 20.1 Å². The number of hydrogen-bond acceptors (Lipinski definition) is 8. The average molecular weight is 420 g/mol. The fraction of sp³-hybridized carbons (Fsp3) is 0.474. The molecule has 28 heavy (non-hydrogen) atoms. The van der Waals surface area contributed by atoms with Crippen LogP contribution in [0.25, 0.3) is 0 Å². The monoisotopic (exact) mass is 419 g/mol. The number of piperazine rings is 1. The zero-order chi connectivity index (χ0) is 19.3. The minimum atomic E-state index is 0.221. The van der Waals surface area contributed by atoms with Gasteiger partial charge in [-0.15, -0.1) is 21.5 Å². The number of thiophene rings is 1. The summed E-state index contributed by atoms with van der Waals surface area (Å²) in [6.07, 6.45) is 2.48. The topological polar surface area (TPSA) is 70.6 Å². The minimum Gasteiger partial charge on any atom is -0.453 e. The summed E-state index contributed by atoms with van der Waals surface area (Å²) in [5.74, 6) is 0.958. The second-order valence-corrected chi connectivity index (χ2v) is 9.00. The van der Waals surface area contributed by atoms with E-state index in [4.69, 9.17) is 4.42 Å². The number of rotatable bonds is 8. The van der Waals surface area contributed by atoms with Crippen LogP contribution in [0.1, 0.15) is 17.1 Å². The number of aliphatic hydroxyl groups is 1. The Morgan fingerprint density at radius 3 is 2.96 bits per heavy atom. The molecule has 1 N–H and O–H groups in total. The smallest absolute Gasteiger partial charge is 0.198 e. The molecule has 9 heteroatoms. The molecule has 0 saturated carbocycles. The molecule has 1 aliphatic heterocycles. The van der Waals surface area contributed by atoms with Crippen molar-refractivity contribution in [1.82, 2.24) is 24.6 Å². The molecule has 0 radical (unpaired) electrons. The molecule has 4 heterocycles. The van der Waals surface area contributed by atoms with Gasteiger partial charge in [0.15, 0.2) is 10.2 Å². The Morgan fingerprint density at radius 2 is 2.21 bits per heavy atom. The molecule has 0 bridgehead atoms. The number of nitrogens with zero attached hydrogens (tertiary/aromatic N) is 5. The first-order valence-electron chi connectivity index (χ1n) is 9.41. The van der Waals surface area contributed by atoms with Gasteiger partial charge in [-0.3, -0.25) is 9.80 Å². The van der Waals surface area contributed by atoms with Crippen LogP contribution >= 0.6 is 23.1 Å². The Bertz CT molecular complexity index is 863. The van der Waals surface area contributed by atoms with E-state index >= 15 is 0 Å². The molecule has 4 rings (SSSR count). The van der Waals surface area contributed by atoms with Crippen LogP contribution in [0.2, 0.25) is 0 Å². The zero-order valence-electron chi connectivity index (χ0n) is 15.9. The third-order valence-corrected chi connectivity index (χ3v) is 6.80. The van der Waals surface area contributed by atoms with Crippen LogP contribution in [0.5, 0.6) is 0 Å². The number of hydrogen-bond donors (Lipinski definition) is 1. The van der Waals surface area contributed by atoms with Crippen LogP contribution in [-0.4, -0.2) is 62.0 Å². The third kappa shape index (κ3) is 4.84. The van der Waals surface area contributed by atoms with E-state index in [1.807, 2.05) is 23.7 Å². The molecular formula is C19H25N5O2S2. The summed E-state index contributed by atoms with van der Waals surface area (Å²) in [6, 6.07) is 8.69. The van der Waals surface area contributed by atoms with Gasteiger partial charge < -0.3 is 14.1 Å². The summed E-state index contributed by atoms with van der Waals surface area (Å²) >= 11 is 3.28. The highest BCUT2D eigenvalue weighted by Crippen LogP contribution is 2.28. The van der Waals surface area contributed by atoms with Gasteiger partial charge in [-0.2, -0.15) is 0 Å². The van der Waals surface area contributed by atoms with Crippen LogP contribution in [0.3, 0.4) is 0 Å². The summed E-state index contributed by atoms with van der Waals surface area (Å²) in [4.78, 5) is 6.30. The van der Waals surface area contributed by atoms with Gasteiger partial charge in [0.2, 0.25) is 0 Å². The van der Waals surface area contributed by atoms with Crippen LogP contribution in [0, 0.1) is 0 Å². The molecule has 0 amide bonds. The Kier molecular flexibility index (Phi) is 6.48. The Hall–Kier alpha value is -1.65. The number of aryl methyl sites for hydroxylation is 1. The van der Waals surface area contributed by atoms with E-state index < -0.39 is 0 Å². The largest absolute Gasteiger partial charge is 0.453 e. The maximum atomic E-state index is 9.51. The molecule has 0 unspecified atom stereocenters. The molecule has 1 fully saturated rings. The van der Waals surface area contributed by atoms with Crippen LogP contribution in [0.15, 0.2) is 50.6 Å². The van der Waals surface area contributed by atoms with Crippen molar-refractivity contribution in [2.45, 2.75) is 35.8 Å². The summed E-state index contributed by atoms with van der Waals surface area (Å²) in [5.41, 5.74) is 0. The van der Waals surface area contributed by atoms with Crippen molar-refractivity contribution >= 4 is 23.1 Å². The van der Waals surface area contributed by atoms with Crippen molar-refractivity contribution < 1.29 is 9.52 Å². The van der Waals surface area contributed by atoms with E-state index in [0.717, 1.165) is 55.2 Å². The fourth-order valence-corrected chi connectivity index (χ4v) is 4.98. The summed E-state index contributed by atoms with van der Waals surface area (Å²) in [6.45, 7) is 4.92. The van der Waals surface area contributed by atoms with Gasteiger partial charge in [0.25, 0.3) is 0 Å². The SMILES string of the molecule is Cn1cnnc1Sc1ccc(CN2CCN(Cc3cccs3)[C@@H](CCO)C2)o1. The third-order valence-electron chi connectivity index (χ3n) is 4.97. The standard InChI is InChI=1S/C19H25N5O2S2/c1-22-14-20-21-19(22)28-18-5-4-16(26-18)12-23-7-8-24(15(11-23)6-9-25)13-17-3-2-10-27-17/h2-5,10,14-15,25H,6-9,11-13H2,1H3/t15-/m0/s1. The lowest BCUT2D eigenvalue weighted by Crippen LogP contribution is -2.52. The second-order valence-electron chi connectivity index (χ2n) is 7.00. The van der Waals surface area contributed by atoms with Gasteiger partial charge in [0, 0.05) is 50.8 Å². The van der Waals surface area contributed by atoms with E-state index in [0.29, 0.717) is 6.04 Å². The summed E-state index contributed by atoms with van der Waals surface area (Å²) in [7, 11) is 1.92. The highest BCUT2D eigenvalue weighted by Gasteiger charge is 2.27. The second kappa shape index (κ2) is 9.23. The van der Waals surface area contributed by atoms with Gasteiger partial charge in [-0.05, 0) is 41.8 Å². The maximum Gasteiger partial charge on any atom is 0.198 e. The van der Waals surface area contributed by atoms with E-state index in [-0.39, 0.29) is 6.61 Å². The van der Waals surface area contributed by atoms with Gasteiger partial charge in [-0.25, -0.2) is 0 Å². The molecule has 0 aliphatic carbocycles. The molecule has 7 nitrogen and oxygen atoms in total. The summed E-state index contributed by atoms with van der Waals surface area (Å²) in [5, 5.41) is 21.3. The highest BCUT2D eigenvalue weighted by molar-refractivity contribution is 7.99. The van der Waals surface area contributed by atoms with E-state index in [1.165, 1.54) is 16.6 Å². The average Bonchev–Trinajstić information content (AvgIpc) is 3.42. The summed E-state index contributed by atoms with van der Waals surface area (Å²) < 4.78 is 7.88. The molecule has 1 saturated heterocycles. The van der Waals surface area contributed by atoms with Gasteiger partial charge in [0.05, 0.1) is 6.54 Å². The zero-order valence-corrected chi connectivity index (χ0v) is 17.5. The number of furan rings is 1. The fourth-order valence-electron chi connectivity index (χ4n) is 3.51. The Morgan fingerprint density at radius 1 is 1.29 bits per heavy atom. The van der Waals surface area contributed by atoms with Crippen molar-refractivity contribution in [3.63, 3.8) is 0 Å². The Balaban J connectivity index is 1.34.